The number of pyridine rings is 3. The quantitative estimate of drug-likeness (QED) is 0.157. The monoisotopic (exact) mass is 953 g/mol. The second-order valence-corrected chi connectivity index (χ2v) is 20.5. The molecule has 4 aromatic heterocycles. The number of benzene rings is 1. The molecule has 16 nitrogen and oxygen atoms in total. The van der Waals surface area contributed by atoms with Gasteiger partial charge in [-0.3, -0.25) is 39.1 Å². The van der Waals surface area contributed by atoms with Crippen molar-refractivity contribution in [2.24, 2.45) is 6.98 Å². The van der Waals surface area contributed by atoms with Gasteiger partial charge in [0.25, 0.3) is 17.4 Å². The molecule has 69 heavy (non-hydrogen) atoms. The molecule has 17 heteroatoms. The van der Waals surface area contributed by atoms with E-state index in [4.69, 9.17) is 4.11 Å². The maximum Gasteiger partial charge on any atom is 0.274 e. The van der Waals surface area contributed by atoms with Crippen LogP contribution in [-0.2, 0) is 49.0 Å². The molecular formula is C52H58N10O6S. The van der Waals surface area contributed by atoms with Crippen molar-refractivity contribution in [1.29, 1.82) is 0 Å². The highest BCUT2D eigenvalue weighted by atomic mass is 32.1. The number of hydrogen-bond acceptors (Lipinski definition) is 13. The lowest BCUT2D eigenvalue weighted by Gasteiger charge is -2.48. The number of imide groups is 1. The predicted molar refractivity (Wildman–Crippen MR) is 265 cm³/mol. The molecular weight excluding hydrogens is 893 g/mol. The van der Waals surface area contributed by atoms with Gasteiger partial charge in [0.05, 0.1) is 23.4 Å². The van der Waals surface area contributed by atoms with Crippen molar-refractivity contribution in [1.82, 2.24) is 29.7 Å². The van der Waals surface area contributed by atoms with E-state index in [0.717, 1.165) is 92.1 Å². The average molecular weight is 954 g/mol. The molecule has 0 spiro atoms. The topological polar surface area (TPSA) is 177 Å². The SMILES string of the molecule is [2H]C([2H])([2H])n1cc(-c2ccnc(N3CCc4c(sc5c4CCCC5)C3=O)c2CO)cc(Nc2ccc(N3CCN([C@@H]4CCN(c5ccc6c(c5)CN(C5CCC(=O)NC5=O)C6=O)[C@@H](C)C4)C[C@@H]3C)cn2)c1=O. The van der Waals surface area contributed by atoms with E-state index in [1.165, 1.54) is 16.6 Å². The minimum atomic E-state index is -2.82. The van der Waals surface area contributed by atoms with E-state index in [1.807, 2.05) is 18.2 Å². The van der Waals surface area contributed by atoms with Gasteiger partial charge >= 0.3 is 0 Å². The standard InChI is InChI=1S/C52H58N10O6S/c1-30-22-34(15-18-59(30)35-8-10-38-32(23-35)28-62(50(38)66)43-11-13-46(64)56-49(43)65)58-20-21-60(31(2)26-58)36-9-12-45(54-25-36)55-42-24-33(27-57(3)51(42)67)37-14-17-53-48(41(37)29-63)61-19-16-40-39-6-4-5-7-44(39)69-47(40)52(61)68/h8-10,12,14,17,23-25,27,30-31,34,43,63H,4-7,11,13,15-16,18-22,26,28-29H2,1-3H3,(H,54,55)(H,56,64,65)/t30-,31-,34+,43?/m0/s1/i3D3. The van der Waals surface area contributed by atoms with Gasteiger partial charge in [0.2, 0.25) is 11.8 Å². The number of piperidine rings is 2. The summed E-state index contributed by atoms with van der Waals surface area (Å²) in [7, 11) is 0. The van der Waals surface area contributed by atoms with Crippen LogP contribution in [0.25, 0.3) is 11.1 Å². The molecule has 0 bridgehead atoms. The van der Waals surface area contributed by atoms with Crippen molar-refractivity contribution in [3.05, 3.63) is 109 Å². The highest BCUT2D eigenvalue weighted by Gasteiger charge is 2.40. The molecule has 3 fully saturated rings. The number of carbonyl (C=O) groups is 4. The van der Waals surface area contributed by atoms with E-state index in [1.54, 1.807) is 51.7 Å². The lowest BCUT2D eigenvalue weighted by molar-refractivity contribution is -0.136. The number of nitrogens with zero attached hydrogens (tertiary/aromatic N) is 8. The summed E-state index contributed by atoms with van der Waals surface area (Å²) in [5.41, 5.74) is 6.33. The molecule has 1 unspecified atom stereocenters. The summed E-state index contributed by atoms with van der Waals surface area (Å²) in [6.45, 7) is 5.31. The van der Waals surface area contributed by atoms with Crippen LogP contribution in [0.4, 0.5) is 28.7 Å². The second kappa shape index (κ2) is 18.1. The van der Waals surface area contributed by atoms with Crippen molar-refractivity contribution < 1.29 is 28.4 Å². The zero-order valence-corrected chi connectivity index (χ0v) is 39.7. The van der Waals surface area contributed by atoms with Gasteiger partial charge in [-0.1, -0.05) is 0 Å². The van der Waals surface area contributed by atoms with Gasteiger partial charge in [0.15, 0.2) is 0 Å². The Kier molecular flexibility index (Phi) is 10.9. The number of aryl methyl sites for hydroxylation is 2. The second-order valence-electron chi connectivity index (χ2n) is 19.4. The van der Waals surface area contributed by atoms with E-state index < -0.39 is 31.1 Å². The van der Waals surface area contributed by atoms with E-state index in [0.29, 0.717) is 70.4 Å². The minimum Gasteiger partial charge on any atom is -0.392 e. The zero-order valence-electron chi connectivity index (χ0n) is 41.9. The molecule has 5 aromatic rings. The molecule has 5 aliphatic heterocycles. The van der Waals surface area contributed by atoms with E-state index in [2.05, 4.69) is 55.2 Å². The van der Waals surface area contributed by atoms with Gasteiger partial charge < -0.3 is 29.7 Å². The first kappa shape index (κ1) is 41.5. The van der Waals surface area contributed by atoms with Crippen LogP contribution in [0.15, 0.2) is 65.8 Å². The Hall–Kier alpha value is -6.43. The Bertz CT molecular complexity index is 3070. The Labute approximate surface area is 409 Å². The number of fused-ring (bicyclic) bond motifs is 4. The van der Waals surface area contributed by atoms with Crippen molar-refractivity contribution >= 4 is 63.7 Å². The number of anilines is 5. The average Bonchev–Trinajstić information content (AvgIpc) is 3.91. The van der Waals surface area contributed by atoms with E-state index >= 15 is 0 Å². The number of aromatic nitrogens is 3. The molecule has 4 amide bonds. The molecule has 3 N–H and O–H groups in total. The summed E-state index contributed by atoms with van der Waals surface area (Å²) in [6.07, 6.45) is 12.0. The molecule has 3 saturated heterocycles. The van der Waals surface area contributed by atoms with Crippen LogP contribution in [0, 0.1) is 0 Å². The van der Waals surface area contributed by atoms with Crippen LogP contribution in [0.2, 0.25) is 0 Å². The third kappa shape index (κ3) is 8.17. The fraction of sp³-hybridized carbons (Fsp3) is 0.442. The van der Waals surface area contributed by atoms with Gasteiger partial charge in [-0.25, -0.2) is 9.97 Å². The summed E-state index contributed by atoms with van der Waals surface area (Å²) in [6, 6.07) is 13.1. The molecule has 358 valence electrons. The molecule has 6 aliphatic rings. The number of aliphatic hydroxyl groups is 1. The molecule has 11 rings (SSSR count). The first-order valence-corrected chi connectivity index (χ1v) is 25.1. The number of amides is 4. The van der Waals surface area contributed by atoms with Gasteiger partial charge in [0, 0.05) is 115 Å². The van der Waals surface area contributed by atoms with Crippen molar-refractivity contribution in [3.63, 3.8) is 0 Å². The number of carbonyl (C=O) groups excluding carboxylic acids is 4. The van der Waals surface area contributed by atoms with Crippen LogP contribution >= 0.6 is 11.3 Å². The first-order valence-electron chi connectivity index (χ1n) is 25.7. The maximum atomic E-state index is 14.1. The number of thiophene rings is 1. The molecule has 9 heterocycles. The molecule has 1 aromatic carbocycles. The Morgan fingerprint density at radius 2 is 1.68 bits per heavy atom. The van der Waals surface area contributed by atoms with Gasteiger partial charge in [-0.05, 0) is 130 Å². The highest BCUT2D eigenvalue weighted by Crippen LogP contribution is 2.41. The highest BCUT2D eigenvalue weighted by molar-refractivity contribution is 7.14. The third-order valence-electron chi connectivity index (χ3n) is 15.3. The number of aliphatic hydroxyl groups excluding tert-OH is 1. The lowest BCUT2D eigenvalue weighted by Crippen LogP contribution is -2.58. The molecule has 0 saturated carbocycles. The summed E-state index contributed by atoms with van der Waals surface area (Å²) >= 11 is 1.57. The van der Waals surface area contributed by atoms with Gasteiger partial charge in [0.1, 0.15) is 23.4 Å². The first-order chi connectivity index (χ1) is 34.6. The number of hydrogen-bond donors (Lipinski definition) is 3. The van der Waals surface area contributed by atoms with Crippen LogP contribution in [0.3, 0.4) is 0 Å². The van der Waals surface area contributed by atoms with Crippen LogP contribution in [-0.4, -0.2) is 110 Å². The zero-order chi connectivity index (χ0) is 50.2. The largest absolute Gasteiger partial charge is 0.392 e. The van der Waals surface area contributed by atoms with Crippen LogP contribution in [0.5, 0.6) is 0 Å². The number of nitrogens with one attached hydrogen (secondary N) is 2. The summed E-state index contributed by atoms with van der Waals surface area (Å²) in [5.74, 6) is -0.374. The lowest BCUT2D eigenvalue weighted by atomic mass is 9.92. The normalized spacial score (nSPS) is 23.8. The number of rotatable bonds is 9. The predicted octanol–water partition coefficient (Wildman–Crippen LogP) is 5.55. The summed E-state index contributed by atoms with van der Waals surface area (Å²) in [5, 5.41) is 16.3. The van der Waals surface area contributed by atoms with Crippen molar-refractivity contribution in [2.45, 2.75) is 109 Å². The van der Waals surface area contributed by atoms with Crippen molar-refractivity contribution in [3.8, 4) is 11.1 Å². The summed E-state index contributed by atoms with van der Waals surface area (Å²) < 4.78 is 25.5. The smallest absolute Gasteiger partial charge is 0.274 e. The molecule has 0 radical (unpaired) electrons. The Balaban J connectivity index is 0.749. The minimum absolute atomic E-state index is 0.0149. The third-order valence-corrected chi connectivity index (χ3v) is 16.6. The van der Waals surface area contributed by atoms with Crippen LogP contribution < -0.4 is 30.9 Å². The fourth-order valence-corrected chi connectivity index (χ4v) is 13.1. The van der Waals surface area contributed by atoms with Gasteiger partial charge in [-0.2, -0.15) is 0 Å². The Morgan fingerprint density at radius 3 is 2.46 bits per heavy atom. The summed E-state index contributed by atoms with van der Waals surface area (Å²) in [4.78, 5) is 87.3. The maximum absolute atomic E-state index is 14.1. The fourth-order valence-electron chi connectivity index (χ4n) is 11.7. The van der Waals surface area contributed by atoms with Gasteiger partial charge in [-0.15, -0.1) is 11.3 Å². The number of piperazine rings is 1. The Morgan fingerprint density at radius 1 is 0.841 bits per heavy atom. The van der Waals surface area contributed by atoms with E-state index in [9.17, 15) is 29.1 Å². The molecule has 4 atom stereocenters. The van der Waals surface area contributed by atoms with E-state index in [-0.39, 0.29) is 41.9 Å². The van der Waals surface area contributed by atoms with Crippen LogP contribution in [0.1, 0.15) is 104 Å². The molecule has 1 aliphatic carbocycles. The van der Waals surface area contributed by atoms with Crippen molar-refractivity contribution in [2.75, 3.05) is 52.7 Å².